The number of carboxylic acids is 1. The second kappa shape index (κ2) is 8.88. The summed E-state index contributed by atoms with van der Waals surface area (Å²) in [7, 11) is 1.83. The molecule has 6 nitrogen and oxygen atoms in total. The van der Waals surface area contributed by atoms with Gasteiger partial charge in [-0.25, -0.2) is 13.1 Å². The maximum absolute atomic E-state index is 12.7. The van der Waals surface area contributed by atoms with Crippen LogP contribution in [-0.4, -0.2) is 57.7 Å². The number of carboxylic acid groups (broad SMARTS) is 1. The Kier molecular flexibility index (Phi) is 7.01. The van der Waals surface area contributed by atoms with Crippen molar-refractivity contribution in [2.24, 2.45) is 0 Å². The minimum atomic E-state index is -3.82. The second-order valence-electron chi connectivity index (χ2n) is 7.62. The van der Waals surface area contributed by atoms with Crippen LogP contribution in [0.1, 0.15) is 22.4 Å². The van der Waals surface area contributed by atoms with Gasteiger partial charge < -0.3 is 9.59 Å². The van der Waals surface area contributed by atoms with Crippen molar-refractivity contribution >= 4 is 27.3 Å². The quantitative estimate of drug-likeness (QED) is 0.531. The van der Waals surface area contributed by atoms with E-state index in [2.05, 4.69) is 16.6 Å². The molecule has 0 bridgehead atoms. The van der Waals surface area contributed by atoms with Crippen LogP contribution in [0.15, 0.2) is 40.6 Å². The van der Waals surface area contributed by atoms with Crippen molar-refractivity contribution < 1.29 is 22.8 Å². The van der Waals surface area contributed by atoms with E-state index in [0.717, 1.165) is 22.5 Å². The highest BCUT2D eigenvalue weighted by atomic mass is 32.2. The number of nitrogens with one attached hydrogen (secondary N) is 1. The van der Waals surface area contributed by atoms with Gasteiger partial charge in [-0.15, -0.1) is 11.3 Å². The number of quaternary nitrogens is 1. The largest absolute Gasteiger partial charge is 0.481 e. The zero-order valence-electron chi connectivity index (χ0n) is 16.4. The van der Waals surface area contributed by atoms with Gasteiger partial charge in [0.1, 0.15) is 4.21 Å². The Balaban J connectivity index is 2.17. The summed E-state index contributed by atoms with van der Waals surface area (Å²) in [4.78, 5) is 11.7. The molecule has 1 atom stereocenters. The molecule has 0 radical (unpaired) electrons. The van der Waals surface area contributed by atoms with Gasteiger partial charge in [-0.05, 0) is 31.2 Å². The lowest BCUT2D eigenvalue weighted by molar-refractivity contribution is -0.871. The van der Waals surface area contributed by atoms with Crippen LogP contribution >= 0.6 is 11.3 Å². The number of carbonyl (C=O) groups is 1. The fourth-order valence-corrected chi connectivity index (χ4v) is 5.00. The molecule has 8 heteroatoms. The Bertz CT molecular complexity index is 991. The summed E-state index contributed by atoms with van der Waals surface area (Å²) >= 11 is 1.06. The fourth-order valence-electron chi connectivity index (χ4n) is 2.60. The number of hydrogen-bond acceptors (Lipinski definition) is 4. The molecular formula is C20H25N2O4S2+. The van der Waals surface area contributed by atoms with Crippen LogP contribution in [0.4, 0.5) is 0 Å². The maximum Gasteiger partial charge on any atom is 0.305 e. The van der Waals surface area contributed by atoms with Gasteiger partial charge in [0.2, 0.25) is 0 Å². The van der Waals surface area contributed by atoms with E-state index in [-0.39, 0.29) is 10.6 Å². The molecule has 28 heavy (non-hydrogen) atoms. The normalized spacial score (nSPS) is 12.9. The third kappa shape index (κ3) is 7.09. The highest BCUT2D eigenvalue weighted by Gasteiger charge is 2.27. The molecule has 0 saturated carbocycles. The van der Waals surface area contributed by atoms with Crippen LogP contribution in [0.3, 0.4) is 0 Å². The lowest BCUT2D eigenvalue weighted by Crippen LogP contribution is -2.49. The molecule has 0 saturated heterocycles. The molecule has 150 valence electrons. The van der Waals surface area contributed by atoms with Crippen LogP contribution < -0.4 is 4.72 Å². The molecule has 0 unspecified atom stereocenters. The zero-order chi connectivity index (χ0) is 20.9. The monoisotopic (exact) mass is 421 g/mol. The van der Waals surface area contributed by atoms with Gasteiger partial charge in [0.15, 0.2) is 0 Å². The molecule has 0 amide bonds. The van der Waals surface area contributed by atoms with E-state index < -0.39 is 22.0 Å². The first-order chi connectivity index (χ1) is 12.9. The lowest BCUT2D eigenvalue weighted by atomic mass is 10.1. The first kappa shape index (κ1) is 22.1. The third-order valence-electron chi connectivity index (χ3n) is 3.74. The summed E-state index contributed by atoms with van der Waals surface area (Å²) in [5.74, 6) is 4.95. The fraction of sp³-hybridized carbons (Fsp3) is 0.350. The van der Waals surface area contributed by atoms with Gasteiger partial charge >= 0.3 is 5.97 Å². The van der Waals surface area contributed by atoms with E-state index >= 15 is 0 Å². The molecule has 0 fully saturated rings. The molecule has 0 spiro atoms. The maximum atomic E-state index is 12.7. The molecule has 2 rings (SSSR count). The number of thiophene rings is 1. The Morgan fingerprint density at radius 2 is 1.79 bits per heavy atom. The summed E-state index contributed by atoms with van der Waals surface area (Å²) in [5, 5.41) is 9.09. The number of nitrogens with zero attached hydrogens (tertiary/aromatic N) is 1. The first-order valence-electron chi connectivity index (χ1n) is 8.68. The second-order valence-corrected chi connectivity index (χ2v) is 10.6. The SMILES string of the molecule is Cc1ccc(C#Cc2ccc(S(=O)(=O)N[C@H](CC(=O)O)C[N+](C)(C)C)s2)cc1. The summed E-state index contributed by atoms with van der Waals surface area (Å²) < 4.78 is 28.5. The molecule has 1 heterocycles. The van der Waals surface area contributed by atoms with Crippen molar-refractivity contribution in [1.29, 1.82) is 0 Å². The Labute approximate surface area is 170 Å². The predicted molar refractivity (Wildman–Crippen MR) is 111 cm³/mol. The summed E-state index contributed by atoms with van der Waals surface area (Å²) in [6.07, 6.45) is -0.278. The number of benzene rings is 1. The highest BCUT2D eigenvalue weighted by Crippen LogP contribution is 2.21. The molecule has 0 aliphatic carbocycles. The predicted octanol–water partition coefficient (Wildman–Crippen LogP) is 2.28. The Hall–Kier alpha value is -2.18. The Morgan fingerprint density at radius 1 is 1.14 bits per heavy atom. The summed E-state index contributed by atoms with van der Waals surface area (Å²) in [5.41, 5.74) is 2.00. The smallest absolute Gasteiger partial charge is 0.305 e. The van der Waals surface area contributed by atoms with Crippen molar-refractivity contribution in [3.63, 3.8) is 0 Å². The van der Waals surface area contributed by atoms with Crippen LogP contribution in [0.25, 0.3) is 0 Å². The average molecular weight is 422 g/mol. The summed E-state index contributed by atoms with van der Waals surface area (Å²) in [6.45, 7) is 2.35. The van der Waals surface area contributed by atoms with Crippen molar-refractivity contribution in [2.45, 2.75) is 23.6 Å². The Morgan fingerprint density at radius 3 is 2.36 bits per heavy atom. The molecular weight excluding hydrogens is 396 g/mol. The molecule has 0 aliphatic rings. The van der Waals surface area contributed by atoms with Gasteiger partial charge in [-0.3, -0.25) is 4.79 Å². The third-order valence-corrected chi connectivity index (χ3v) is 6.75. The number of sulfonamides is 1. The molecule has 2 N–H and O–H groups in total. The van der Waals surface area contributed by atoms with Gasteiger partial charge in [-0.2, -0.15) is 0 Å². The highest BCUT2D eigenvalue weighted by molar-refractivity contribution is 7.91. The van der Waals surface area contributed by atoms with E-state index in [1.807, 2.05) is 52.3 Å². The minimum absolute atomic E-state index is 0.123. The number of aryl methyl sites for hydroxylation is 1. The van der Waals surface area contributed by atoms with Gasteiger partial charge in [0, 0.05) is 5.56 Å². The van der Waals surface area contributed by atoms with Crippen LogP contribution in [0.5, 0.6) is 0 Å². The van der Waals surface area contributed by atoms with E-state index in [4.69, 9.17) is 5.11 Å². The standard InChI is InChI=1S/C20H24N2O4S2/c1-15-5-7-16(8-6-15)9-10-18-11-12-20(27-18)28(25,26)21-17(13-19(23)24)14-22(2,3)4/h5-8,11-12,17,21H,13-14H2,1-4H3/p+1/t17-/m1/s1. The molecule has 1 aromatic carbocycles. The van der Waals surface area contributed by atoms with Crippen molar-refractivity contribution in [3.05, 3.63) is 52.4 Å². The van der Waals surface area contributed by atoms with Crippen molar-refractivity contribution in [1.82, 2.24) is 4.72 Å². The van der Waals surface area contributed by atoms with E-state index in [1.54, 1.807) is 6.07 Å². The van der Waals surface area contributed by atoms with E-state index in [1.165, 1.54) is 6.07 Å². The first-order valence-corrected chi connectivity index (χ1v) is 11.0. The topological polar surface area (TPSA) is 83.5 Å². The van der Waals surface area contributed by atoms with Crippen molar-refractivity contribution in [3.8, 4) is 11.8 Å². The summed E-state index contributed by atoms with van der Waals surface area (Å²) in [6, 6.07) is 10.2. The van der Waals surface area contributed by atoms with Gasteiger partial charge in [0.05, 0.1) is 45.0 Å². The van der Waals surface area contributed by atoms with Gasteiger partial charge in [-0.1, -0.05) is 29.5 Å². The number of aliphatic carboxylic acids is 1. The number of likely N-dealkylation sites (N-methyl/N-ethyl adjacent to an activating group) is 1. The van der Waals surface area contributed by atoms with E-state index in [9.17, 15) is 13.2 Å². The zero-order valence-corrected chi connectivity index (χ0v) is 18.0. The van der Waals surface area contributed by atoms with Gasteiger partial charge in [0.25, 0.3) is 10.0 Å². The molecule has 1 aromatic heterocycles. The lowest BCUT2D eigenvalue weighted by Gasteiger charge is -2.28. The van der Waals surface area contributed by atoms with Crippen molar-refractivity contribution in [2.75, 3.05) is 27.7 Å². The molecule has 2 aromatic rings. The number of rotatable bonds is 7. The minimum Gasteiger partial charge on any atom is -0.481 e. The van der Waals surface area contributed by atoms with Crippen LogP contribution in [-0.2, 0) is 14.8 Å². The number of hydrogen-bond donors (Lipinski definition) is 2. The van der Waals surface area contributed by atoms with Crippen LogP contribution in [0, 0.1) is 18.8 Å². The van der Waals surface area contributed by atoms with Crippen LogP contribution in [0.2, 0.25) is 0 Å². The van der Waals surface area contributed by atoms with E-state index in [0.29, 0.717) is 15.9 Å². The average Bonchev–Trinajstić information content (AvgIpc) is 3.01. The molecule has 0 aliphatic heterocycles.